The van der Waals surface area contributed by atoms with Crippen LogP contribution in [0, 0.1) is 6.92 Å². The van der Waals surface area contributed by atoms with E-state index in [4.69, 9.17) is 14.2 Å². The monoisotopic (exact) mass is 395 g/mol. The molecule has 1 amide bonds. The summed E-state index contributed by atoms with van der Waals surface area (Å²) in [7, 11) is 0. The van der Waals surface area contributed by atoms with Crippen LogP contribution in [0.15, 0.2) is 42.9 Å². The second-order valence-corrected chi connectivity index (χ2v) is 7.27. The van der Waals surface area contributed by atoms with Crippen LogP contribution in [-0.4, -0.2) is 75.0 Å². The molecule has 3 aromatic heterocycles. The minimum Gasteiger partial charge on any atom is -0.484 e. The van der Waals surface area contributed by atoms with Gasteiger partial charge >= 0.3 is 0 Å². The van der Waals surface area contributed by atoms with Crippen molar-refractivity contribution in [3.63, 3.8) is 0 Å². The molecule has 0 spiro atoms. The third-order valence-electron chi connectivity index (χ3n) is 5.18. The second kappa shape index (κ2) is 7.41. The number of hydrogen-bond donors (Lipinski definition) is 0. The molecular formula is C20H21N5O4. The molecule has 5 rings (SSSR count). The highest BCUT2D eigenvalue weighted by Gasteiger charge is 2.40. The molecule has 0 bridgehead atoms. The van der Waals surface area contributed by atoms with Gasteiger partial charge in [-0.2, -0.15) is 5.10 Å². The summed E-state index contributed by atoms with van der Waals surface area (Å²) in [5, 5.41) is 4.22. The first-order chi connectivity index (χ1) is 14.2. The number of fused-ring (bicyclic) bond motifs is 2. The predicted molar refractivity (Wildman–Crippen MR) is 102 cm³/mol. The summed E-state index contributed by atoms with van der Waals surface area (Å²) in [6.45, 7) is 3.64. The van der Waals surface area contributed by atoms with Crippen molar-refractivity contribution in [1.29, 1.82) is 0 Å². The molecule has 2 saturated heterocycles. The van der Waals surface area contributed by atoms with Crippen molar-refractivity contribution in [2.75, 3.05) is 26.3 Å². The third kappa shape index (κ3) is 3.54. The largest absolute Gasteiger partial charge is 0.484 e. The molecule has 2 aliphatic rings. The van der Waals surface area contributed by atoms with Crippen molar-refractivity contribution in [2.24, 2.45) is 0 Å². The van der Waals surface area contributed by atoms with E-state index in [2.05, 4.69) is 15.1 Å². The maximum absolute atomic E-state index is 13.0. The minimum absolute atomic E-state index is 0.130. The van der Waals surface area contributed by atoms with E-state index < -0.39 is 0 Å². The third-order valence-corrected chi connectivity index (χ3v) is 5.18. The van der Waals surface area contributed by atoms with E-state index in [0.717, 1.165) is 5.69 Å². The molecule has 2 fully saturated rings. The molecule has 2 aliphatic heterocycles. The van der Waals surface area contributed by atoms with Crippen LogP contribution in [0.5, 0.6) is 5.75 Å². The zero-order chi connectivity index (χ0) is 19.8. The number of rotatable bonds is 3. The number of pyridine rings is 1. The van der Waals surface area contributed by atoms with Crippen LogP contribution in [0.4, 0.5) is 0 Å². The summed E-state index contributed by atoms with van der Waals surface area (Å²) >= 11 is 0. The van der Waals surface area contributed by atoms with Crippen LogP contribution >= 0.6 is 0 Å². The van der Waals surface area contributed by atoms with E-state index in [1.54, 1.807) is 34.1 Å². The van der Waals surface area contributed by atoms with Crippen molar-refractivity contribution < 1.29 is 19.0 Å². The maximum atomic E-state index is 13.0. The number of carbonyl (C=O) groups excluding carboxylic acids is 1. The fourth-order valence-corrected chi connectivity index (χ4v) is 3.66. The van der Waals surface area contributed by atoms with Crippen LogP contribution in [-0.2, 0) is 9.47 Å². The van der Waals surface area contributed by atoms with Crippen molar-refractivity contribution in [2.45, 2.75) is 25.2 Å². The Hall–Kier alpha value is -3.04. The van der Waals surface area contributed by atoms with Gasteiger partial charge < -0.3 is 19.1 Å². The number of amides is 1. The van der Waals surface area contributed by atoms with Crippen molar-refractivity contribution in [3.8, 4) is 5.75 Å². The van der Waals surface area contributed by atoms with Crippen LogP contribution in [0.3, 0.4) is 0 Å². The van der Waals surface area contributed by atoms with Crippen LogP contribution in [0.2, 0.25) is 0 Å². The highest BCUT2D eigenvalue weighted by atomic mass is 16.6. The molecule has 9 nitrogen and oxygen atoms in total. The Balaban J connectivity index is 1.22. The van der Waals surface area contributed by atoms with Gasteiger partial charge in [-0.3, -0.25) is 9.78 Å². The lowest BCUT2D eigenvalue weighted by Gasteiger charge is -2.19. The van der Waals surface area contributed by atoms with E-state index in [-0.39, 0.29) is 24.2 Å². The Kier molecular flexibility index (Phi) is 4.61. The lowest BCUT2D eigenvalue weighted by atomic mass is 10.3. The van der Waals surface area contributed by atoms with Crippen LogP contribution in [0.25, 0.3) is 5.65 Å². The molecule has 2 atom stereocenters. The second-order valence-electron chi connectivity index (χ2n) is 7.27. The molecule has 0 aromatic carbocycles. The minimum atomic E-state index is -0.211. The van der Waals surface area contributed by atoms with E-state index in [0.29, 0.717) is 43.4 Å². The number of aryl methyl sites for hydroxylation is 1. The topological polar surface area (TPSA) is 91.1 Å². The first-order valence-corrected chi connectivity index (χ1v) is 9.58. The lowest BCUT2D eigenvalue weighted by Crippen LogP contribution is -2.33. The Morgan fingerprint density at radius 1 is 1.10 bits per heavy atom. The standard InChI is InChI=1S/C20H21N5O4/c1-13-4-5-14(7-21-13)29-15-11-27-17-9-24(10-18(17)28-12-15)20(26)16-8-22-19-3-2-6-23-25(16)19/h2-8,15,17-18H,9-12H2,1H3/t17-,18-/m0/s1. The molecule has 0 N–H and O–H groups in total. The Morgan fingerprint density at radius 2 is 1.90 bits per heavy atom. The number of likely N-dealkylation sites (tertiary alicyclic amines) is 1. The van der Waals surface area contributed by atoms with Gasteiger partial charge in [-0.1, -0.05) is 0 Å². The number of carbonyl (C=O) groups is 1. The highest BCUT2D eigenvalue weighted by Crippen LogP contribution is 2.23. The van der Waals surface area contributed by atoms with Gasteiger partial charge in [0.2, 0.25) is 0 Å². The van der Waals surface area contributed by atoms with Crippen molar-refractivity contribution >= 4 is 11.6 Å². The van der Waals surface area contributed by atoms with Gasteiger partial charge in [-0.05, 0) is 31.2 Å². The van der Waals surface area contributed by atoms with E-state index in [1.807, 2.05) is 25.1 Å². The van der Waals surface area contributed by atoms with E-state index >= 15 is 0 Å². The zero-order valence-electron chi connectivity index (χ0n) is 16.0. The molecule has 9 heteroatoms. The molecule has 5 heterocycles. The molecule has 0 radical (unpaired) electrons. The smallest absolute Gasteiger partial charge is 0.274 e. The molecule has 0 unspecified atom stereocenters. The number of hydrogen-bond acceptors (Lipinski definition) is 7. The van der Waals surface area contributed by atoms with E-state index in [9.17, 15) is 4.79 Å². The Labute approximate surface area is 167 Å². The summed E-state index contributed by atoms with van der Waals surface area (Å²) < 4.78 is 19.5. The molecule has 0 saturated carbocycles. The van der Waals surface area contributed by atoms with Gasteiger partial charge in [0, 0.05) is 25.0 Å². The average molecular weight is 395 g/mol. The predicted octanol–water partition coefficient (Wildman–Crippen LogP) is 1.12. The van der Waals surface area contributed by atoms with Gasteiger partial charge in [0.1, 0.15) is 24.1 Å². The first-order valence-electron chi connectivity index (χ1n) is 9.58. The molecule has 29 heavy (non-hydrogen) atoms. The molecule has 3 aromatic rings. The quantitative estimate of drug-likeness (QED) is 0.656. The van der Waals surface area contributed by atoms with Crippen molar-refractivity contribution in [3.05, 3.63) is 54.2 Å². The lowest BCUT2D eigenvalue weighted by molar-refractivity contribution is -0.00461. The SMILES string of the molecule is Cc1ccc(OC2CO[C@H]3CN(C(=O)c4cnc5cccnn45)C[C@@H]3OC2)cn1. The van der Waals surface area contributed by atoms with Crippen LogP contribution in [0.1, 0.15) is 16.2 Å². The zero-order valence-corrected chi connectivity index (χ0v) is 16.0. The Morgan fingerprint density at radius 3 is 2.62 bits per heavy atom. The summed E-state index contributed by atoms with van der Waals surface area (Å²) in [4.78, 5) is 23.2. The molecular weight excluding hydrogens is 374 g/mol. The number of nitrogens with zero attached hydrogens (tertiary/aromatic N) is 5. The fourth-order valence-electron chi connectivity index (χ4n) is 3.66. The number of ether oxygens (including phenoxy) is 3. The Bertz CT molecular complexity index is 1010. The summed E-state index contributed by atoms with van der Waals surface area (Å²) in [5.41, 5.74) is 2.01. The van der Waals surface area contributed by atoms with Crippen LogP contribution < -0.4 is 4.74 Å². The van der Waals surface area contributed by atoms with Gasteiger partial charge in [0.15, 0.2) is 11.3 Å². The first kappa shape index (κ1) is 18.0. The fraction of sp³-hybridized carbons (Fsp3) is 0.400. The normalized spacial score (nSPS) is 22.4. The van der Waals surface area contributed by atoms with Gasteiger partial charge in [0.05, 0.1) is 25.6 Å². The molecule has 150 valence electrons. The summed E-state index contributed by atoms with van der Waals surface area (Å²) in [6, 6.07) is 7.39. The summed E-state index contributed by atoms with van der Waals surface area (Å²) in [6.07, 6.45) is 4.31. The highest BCUT2D eigenvalue weighted by molar-refractivity contribution is 5.93. The molecule has 0 aliphatic carbocycles. The van der Waals surface area contributed by atoms with E-state index in [1.165, 1.54) is 0 Å². The van der Waals surface area contributed by atoms with Gasteiger partial charge in [0.25, 0.3) is 5.91 Å². The van der Waals surface area contributed by atoms with Gasteiger partial charge in [-0.15, -0.1) is 0 Å². The average Bonchev–Trinajstić information content (AvgIpc) is 3.31. The van der Waals surface area contributed by atoms with Gasteiger partial charge in [-0.25, -0.2) is 9.50 Å². The maximum Gasteiger partial charge on any atom is 0.274 e. The van der Waals surface area contributed by atoms with Crippen molar-refractivity contribution in [1.82, 2.24) is 24.5 Å². The number of imidazole rings is 1. The number of aromatic nitrogens is 4. The summed E-state index contributed by atoms with van der Waals surface area (Å²) in [5.74, 6) is 0.562.